The second-order valence-electron chi connectivity index (χ2n) is 11.3. The Morgan fingerprint density at radius 1 is 0.658 bits per heavy atom. The second kappa shape index (κ2) is 27.1. The van der Waals surface area contributed by atoms with Gasteiger partial charge in [-0.15, -0.1) is 0 Å². The van der Waals surface area contributed by atoms with Gasteiger partial charge in [-0.2, -0.15) is 0 Å². The molecule has 0 aromatic rings. The number of rotatable bonds is 5. The van der Waals surface area contributed by atoms with E-state index < -0.39 is 9.84 Å². The molecule has 0 aliphatic heterocycles. The number of methoxy groups -OCH3 is 1. The minimum Gasteiger partial charge on any atom is -0.469 e. The Kier molecular flexibility index (Phi) is 40.5. The van der Waals surface area contributed by atoms with Crippen molar-refractivity contribution in [1.29, 1.82) is 0 Å². The van der Waals surface area contributed by atoms with Crippen LogP contribution in [0.25, 0.3) is 0 Å². The summed E-state index contributed by atoms with van der Waals surface area (Å²) in [6, 6.07) is 0. The molecule has 0 bridgehead atoms. The third-order valence-corrected chi connectivity index (χ3v) is 5.29. The molecule has 38 heavy (non-hydrogen) atoms. The Morgan fingerprint density at radius 2 is 0.895 bits per heavy atom. The molecule has 0 aromatic carbocycles. The first kappa shape index (κ1) is 56.7. The van der Waals surface area contributed by atoms with Gasteiger partial charge in [0.15, 0.2) is 0 Å². The average molecular weight is 575 g/mol. The summed E-state index contributed by atoms with van der Waals surface area (Å²) in [6.45, 7) is 29.2. The minimum absolute atomic E-state index is 0. The molecule has 0 atom stereocenters. The molecule has 238 valence electrons. The highest BCUT2D eigenvalue weighted by Gasteiger charge is 2.31. The highest BCUT2D eigenvalue weighted by molar-refractivity contribution is 7.89. The molecule has 7 nitrogen and oxygen atoms in total. The van der Waals surface area contributed by atoms with E-state index in [2.05, 4.69) is 32.4 Å². The van der Waals surface area contributed by atoms with Crippen LogP contribution in [0.4, 0.5) is 0 Å². The van der Waals surface area contributed by atoms with Gasteiger partial charge in [-0.1, -0.05) is 77.7 Å². The molecular weight excluding hydrogens is 504 g/mol. The summed E-state index contributed by atoms with van der Waals surface area (Å²) in [7, 11) is -1.24. The molecule has 0 saturated heterocycles. The van der Waals surface area contributed by atoms with Gasteiger partial charge in [0.25, 0.3) is 0 Å². The molecule has 0 amide bonds. The van der Waals surface area contributed by atoms with E-state index in [1.165, 1.54) is 27.9 Å². The van der Waals surface area contributed by atoms with Crippen LogP contribution < -0.4 is 0 Å². The second-order valence-corrected chi connectivity index (χ2v) is 13.5. The monoisotopic (exact) mass is 574 g/mol. The largest absolute Gasteiger partial charge is 0.469 e. The molecule has 0 fully saturated rings. The number of hydrogen-bond acceptors (Lipinski definition) is 7. The zero-order valence-electron chi connectivity index (χ0n) is 26.1. The van der Waals surface area contributed by atoms with Crippen molar-refractivity contribution in [2.24, 2.45) is 29.1 Å². The Labute approximate surface area is 240 Å². The van der Waals surface area contributed by atoms with E-state index in [9.17, 15) is 22.8 Å². The molecule has 0 heterocycles. The van der Waals surface area contributed by atoms with Gasteiger partial charge in [-0.05, 0) is 65.2 Å². The fourth-order valence-corrected chi connectivity index (χ4v) is 0.987. The van der Waals surface area contributed by atoms with Crippen LogP contribution in [-0.2, 0) is 33.7 Å². The maximum absolute atomic E-state index is 11.1. The van der Waals surface area contributed by atoms with Gasteiger partial charge in [0.2, 0.25) is 0 Å². The van der Waals surface area contributed by atoms with Crippen LogP contribution in [0.15, 0.2) is 0 Å². The fraction of sp³-hybridized carbons (Fsp3) is 0.900. The molecular formula is C30H70O7S. The Bertz CT molecular complexity index is 655. The third-order valence-electron chi connectivity index (χ3n) is 5.29. The van der Waals surface area contributed by atoms with E-state index in [1.807, 2.05) is 55.4 Å². The van der Waals surface area contributed by atoms with Crippen molar-refractivity contribution in [2.45, 2.75) is 132 Å². The SMILES string of the molecule is C.C.C.CC(=O)OC(C)(C)C(C)C.CC(C)=O.CC(C)C(C)C.COC(=O)C(C)(C)C(C)C.CS(C)(=O)=O. The maximum Gasteiger partial charge on any atom is 0.311 e. The standard InChI is InChI=1S/2C8H16O2.C6H14.C3H6O.C2H6O2S.3CH4/c1-6(2)8(3,4)7(9)10-5;1-6(2)8(4,5)10-7(3)9;1-5(2)6(3)4;1-3(2)4;1-5(2,3)4;;;/h2*6H,1-5H3;5-6H,1-4H3;1-2H3;1-2H3;3*1H4. The van der Waals surface area contributed by atoms with E-state index >= 15 is 0 Å². The van der Waals surface area contributed by atoms with E-state index in [-0.39, 0.29) is 51.0 Å². The number of hydrogen-bond donors (Lipinski definition) is 0. The molecule has 8 heteroatoms. The normalized spacial score (nSPS) is 10.2. The van der Waals surface area contributed by atoms with Gasteiger partial charge in [-0.25, -0.2) is 8.42 Å². The highest BCUT2D eigenvalue weighted by atomic mass is 32.2. The van der Waals surface area contributed by atoms with Crippen LogP contribution in [0, 0.1) is 29.1 Å². The van der Waals surface area contributed by atoms with Crippen LogP contribution in [0.5, 0.6) is 0 Å². The van der Waals surface area contributed by atoms with Gasteiger partial charge >= 0.3 is 11.9 Å². The smallest absolute Gasteiger partial charge is 0.311 e. The van der Waals surface area contributed by atoms with Crippen LogP contribution in [0.1, 0.15) is 126 Å². The lowest BCUT2D eigenvalue weighted by atomic mass is 9.81. The van der Waals surface area contributed by atoms with Crippen molar-refractivity contribution in [3.63, 3.8) is 0 Å². The fourth-order valence-electron chi connectivity index (χ4n) is 0.987. The lowest BCUT2D eigenvalue weighted by Crippen LogP contribution is -2.32. The van der Waals surface area contributed by atoms with Crippen molar-refractivity contribution in [3.05, 3.63) is 0 Å². The predicted octanol–water partition coefficient (Wildman–Crippen LogP) is 8.29. The lowest BCUT2D eigenvalue weighted by molar-refractivity contribution is -0.157. The molecule has 0 rings (SSSR count). The Morgan fingerprint density at radius 3 is 0.947 bits per heavy atom. The summed E-state index contributed by atoms with van der Waals surface area (Å²) in [4.78, 5) is 31.0. The average Bonchev–Trinajstić information content (AvgIpc) is 2.58. The Balaban J connectivity index is -0.0000000504. The topological polar surface area (TPSA) is 104 Å². The number of carbonyl (C=O) groups excluding carboxylic acids is 3. The quantitative estimate of drug-likeness (QED) is 0.304. The third kappa shape index (κ3) is 51.2. The number of sulfone groups is 1. The number of ketones is 1. The summed E-state index contributed by atoms with van der Waals surface area (Å²) in [6.07, 6.45) is 2.32. The summed E-state index contributed by atoms with van der Waals surface area (Å²) in [5, 5.41) is 0. The molecule has 0 spiro atoms. The van der Waals surface area contributed by atoms with Crippen molar-refractivity contribution >= 4 is 27.6 Å². The van der Waals surface area contributed by atoms with Crippen LogP contribution >= 0.6 is 0 Å². The van der Waals surface area contributed by atoms with Crippen LogP contribution in [0.3, 0.4) is 0 Å². The van der Waals surface area contributed by atoms with Crippen molar-refractivity contribution in [3.8, 4) is 0 Å². The van der Waals surface area contributed by atoms with Crippen molar-refractivity contribution < 1.29 is 32.3 Å². The first-order valence-electron chi connectivity index (χ1n) is 12.1. The van der Waals surface area contributed by atoms with Gasteiger partial charge in [0.1, 0.15) is 21.2 Å². The molecule has 0 N–H and O–H groups in total. The highest BCUT2D eigenvalue weighted by Crippen LogP contribution is 2.26. The maximum atomic E-state index is 11.1. The number of ether oxygens (including phenoxy) is 2. The molecule has 0 radical (unpaired) electrons. The minimum atomic E-state index is -2.67. The van der Waals surface area contributed by atoms with E-state index in [0.29, 0.717) is 11.8 Å². The summed E-state index contributed by atoms with van der Waals surface area (Å²) >= 11 is 0. The zero-order valence-corrected chi connectivity index (χ0v) is 26.9. The molecule has 0 saturated carbocycles. The summed E-state index contributed by atoms with van der Waals surface area (Å²) in [5.74, 6) is 2.20. The summed E-state index contributed by atoms with van der Waals surface area (Å²) in [5.41, 5.74) is -0.680. The van der Waals surface area contributed by atoms with Gasteiger partial charge in [0.05, 0.1) is 12.5 Å². The van der Waals surface area contributed by atoms with Gasteiger partial charge < -0.3 is 14.3 Å². The Hall–Kier alpha value is -1.44. The lowest BCUT2D eigenvalue weighted by Gasteiger charge is -2.28. The zero-order chi connectivity index (χ0) is 30.0. The first-order chi connectivity index (χ1) is 15.2. The van der Waals surface area contributed by atoms with E-state index in [4.69, 9.17) is 4.74 Å². The first-order valence-corrected chi connectivity index (χ1v) is 14.4. The van der Waals surface area contributed by atoms with Crippen molar-refractivity contribution in [2.75, 3.05) is 19.6 Å². The summed E-state index contributed by atoms with van der Waals surface area (Å²) < 4.78 is 29.0. The van der Waals surface area contributed by atoms with Crippen LogP contribution in [0.2, 0.25) is 0 Å². The van der Waals surface area contributed by atoms with Crippen LogP contribution in [-0.4, -0.2) is 51.4 Å². The predicted molar refractivity (Wildman–Crippen MR) is 168 cm³/mol. The van der Waals surface area contributed by atoms with Crippen molar-refractivity contribution in [1.82, 2.24) is 0 Å². The van der Waals surface area contributed by atoms with Gasteiger partial charge in [-0.3, -0.25) is 9.59 Å². The van der Waals surface area contributed by atoms with E-state index in [0.717, 1.165) is 24.3 Å². The molecule has 0 aliphatic carbocycles. The molecule has 0 aliphatic rings. The van der Waals surface area contributed by atoms with E-state index in [1.54, 1.807) is 0 Å². The molecule has 0 unspecified atom stereocenters. The van der Waals surface area contributed by atoms with Gasteiger partial charge in [0, 0.05) is 19.4 Å². The molecule has 0 aromatic heterocycles. The number of Topliss-reactive ketones (excluding diaryl/α,β-unsaturated/α-hetero) is 1. The number of esters is 2. The number of carbonyl (C=O) groups is 3.